The Kier molecular flexibility index (Phi) is 15.2. The maximum Gasteiger partial charge on any atom is 0.137 e. The zero-order valence-electron chi connectivity index (χ0n) is 9.46. The number of hydrogen-bond acceptors (Lipinski definition) is 4. The summed E-state index contributed by atoms with van der Waals surface area (Å²) in [5.41, 5.74) is 0. The molecule has 0 spiro atoms. The Balaban J connectivity index is -0.000000180. The van der Waals surface area contributed by atoms with Crippen LogP contribution in [0.5, 0.6) is 0 Å². The molecule has 0 saturated carbocycles. The van der Waals surface area contributed by atoms with Crippen LogP contribution in [-0.4, -0.2) is 23.1 Å². The van der Waals surface area contributed by atoms with Crippen molar-refractivity contribution in [3.63, 3.8) is 0 Å². The van der Waals surface area contributed by atoms with E-state index < -0.39 is 0 Å². The topological polar surface area (TPSA) is 68.3 Å². The SMILES string of the molecule is CC(=O)CC(C)=O.CC(=O)CC(C)=O.[Mo]. The van der Waals surface area contributed by atoms with E-state index in [0.717, 1.165) is 0 Å². The predicted octanol–water partition coefficient (Wildman–Crippen LogP) is 1.11. The Morgan fingerprint density at radius 3 is 0.733 bits per heavy atom. The van der Waals surface area contributed by atoms with E-state index in [4.69, 9.17) is 0 Å². The molecule has 0 aromatic heterocycles. The van der Waals surface area contributed by atoms with Crippen LogP contribution in [0.25, 0.3) is 0 Å². The molecule has 0 fully saturated rings. The average Bonchev–Trinajstić information content (AvgIpc) is 1.79. The summed E-state index contributed by atoms with van der Waals surface area (Å²) in [7, 11) is 0. The van der Waals surface area contributed by atoms with Crippen LogP contribution in [-0.2, 0) is 40.2 Å². The molecule has 0 heterocycles. The minimum atomic E-state index is -0.0625. The fourth-order valence-electron chi connectivity index (χ4n) is 0.701. The summed E-state index contributed by atoms with van der Waals surface area (Å²) in [5, 5.41) is 0. The van der Waals surface area contributed by atoms with Gasteiger partial charge in [-0.05, 0) is 27.7 Å². The van der Waals surface area contributed by atoms with Crippen LogP contribution in [0.4, 0.5) is 0 Å². The molecule has 15 heavy (non-hydrogen) atoms. The van der Waals surface area contributed by atoms with Gasteiger partial charge >= 0.3 is 0 Å². The minimum Gasteiger partial charge on any atom is -0.300 e. The first-order chi connectivity index (χ1) is 6.25. The van der Waals surface area contributed by atoms with Crippen LogP contribution >= 0.6 is 0 Å². The van der Waals surface area contributed by atoms with Crippen LogP contribution in [0, 0.1) is 0 Å². The van der Waals surface area contributed by atoms with E-state index >= 15 is 0 Å². The molecule has 0 amide bonds. The molecule has 0 saturated heterocycles. The average molecular weight is 296 g/mol. The largest absolute Gasteiger partial charge is 0.300 e. The standard InChI is InChI=1S/2C5H8O2.Mo/c2*1-4(6)3-5(2)7;/h2*3H2,1-2H3;. The van der Waals surface area contributed by atoms with Gasteiger partial charge in [-0.2, -0.15) is 0 Å². The van der Waals surface area contributed by atoms with Gasteiger partial charge in [0.1, 0.15) is 23.1 Å². The molecule has 0 radical (unpaired) electrons. The van der Waals surface area contributed by atoms with E-state index in [0.29, 0.717) is 0 Å². The number of carbonyl (C=O) groups is 4. The molecule has 0 aromatic carbocycles. The molecule has 0 aliphatic rings. The van der Waals surface area contributed by atoms with Crippen molar-refractivity contribution < 1.29 is 40.2 Å². The predicted molar refractivity (Wildman–Crippen MR) is 52.0 cm³/mol. The summed E-state index contributed by atoms with van der Waals surface area (Å²) >= 11 is 0. The first kappa shape index (κ1) is 19.9. The van der Waals surface area contributed by atoms with Crippen molar-refractivity contribution in [2.24, 2.45) is 0 Å². The maximum absolute atomic E-state index is 10.0. The Morgan fingerprint density at radius 1 is 0.600 bits per heavy atom. The molecule has 0 aromatic rings. The van der Waals surface area contributed by atoms with Gasteiger partial charge in [0.05, 0.1) is 12.8 Å². The molecule has 0 atom stereocenters. The molecule has 4 nitrogen and oxygen atoms in total. The third kappa shape index (κ3) is 31.8. The molecular formula is C10H16MoO4. The second kappa shape index (κ2) is 11.4. The quantitative estimate of drug-likeness (QED) is 0.575. The summed E-state index contributed by atoms with van der Waals surface area (Å²) < 4.78 is 0. The maximum atomic E-state index is 10.0. The molecule has 0 bridgehead atoms. The van der Waals surface area contributed by atoms with Crippen LogP contribution in [0.15, 0.2) is 0 Å². The van der Waals surface area contributed by atoms with Crippen molar-refractivity contribution >= 4 is 23.1 Å². The zero-order valence-corrected chi connectivity index (χ0v) is 11.5. The number of hydrogen-bond donors (Lipinski definition) is 0. The van der Waals surface area contributed by atoms with Gasteiger partial charge in [0.2, 0.25) is 0 Å². The zero-order chi connectivity index (χ0) is 11.7. The van der Waals surface area contributed by atoms with Crippen LogP contribution < -0.4 is 0 Å². The minimum absolute atomic E-state index is 0. The van der Waals surface area contributed by atoms with Gasteiger partial charge in [-0.3, -0.25) is 19.2 Å². The summed E-state index contributed by atoms with van der Waals surface area (Å²) in [6.45, 7) is 5.62. The van der Waals surface area contributed by atoms with Gasteiger partial charge in [-0.15, -0.1) is 0 Å². The van der Waals surface area contributed by atoms with E-state index in [1.807, 2.05) is 0 Å². The number of rotatable bonds is 4. The molecule has 0 N–H and O–H groups in total. The van der Waals surface area contributed by atoms with Gasteiger partial charge in [0, 0.05) is 21.1 Å². The molecule has 0 unspecified atom stereocenters. The number of Topliss-reactive ketones (excluding diaryl/α,β-unsaturated/α-hetero) is 4. The van der Waals surface area contributed by atoms with Crippen molar-refractivity contribution in [3.05, 3.63) is 0 Å². The number of ketones is 4. The van der Waals surface area contributed by atoms with Crippen molar-refractivity contribution in [3.8, 4) is 0 Å². The van der Waals surface area contributed by atoms with Crippen LogP contribution in [0.2, 0.25) is 0 Å². The fourth-order valence-corrected chi connectivity index (χ4v) is 0.701. The van der Waals surface area contributed by atoms with E-state index in [-0.39, 0.29) is 57.0 Å². The third-order valence-corrected chi connectivity index (χ3v) is 0.996. The van der Waals surface area contributed by atoms with E-state index in [1.54, 1.807) is 0 Å². The van der Waals surface area contributed by atoms with Crippen LogP contribution in [0.3, 0.4) is 0 Å². The summed E-state index contributed by atoms with van der Waals surface area (Å²) in [5.74, 6) is -0.250. The number of carbonyl (C=O) groups excluding carboxylic acids is 4. The van der Waals surface area contributed by atoms with Gasteiger partial charge in [0.25, 0.3) is 0 Å². The molecular weight excluding hydrogens is 280 g/mol. The monoisotopic (exact) mass is 298 g/mol. The normalized spacial score (nSPS) is 7.73. The van der Waals surface area contributed by atoms with Gasteiger partial charge in [-0.25, -0.2) is 0 Å². The van der Waals surface area contributed by atoms with Crippen molar-refractivity contribution in [1.82, 2.24) is 0 Å². The van der Waals surface area contributed by atoms with Crippen molar-refractivity contribution in [1.29, 1.82) is 0 Å². The summed E-state index contributed by atoms with van der Waals surface area (Å²) in [6.07, 6.45) is 0.167. The second-order valence-electron chi connectivity index (χ2n) is 3.16. The van der Waals surface area contributed by atoms with Crippen molar-refractivity contribution in [2.75, 3.05) is 0 Å². The third-order valence-electron chi connectivity index (χ3n) is 0.996. The Bertz CT molecular complexity index is 196. The van der Waals surface area contributed by atoms with Gasteiger partial charge in [0.15, 0.2) is 0 Å². The molecule has 0 rings (SSSR count). The fraction of sp³-hybridized carbons (Fsp3) is 0.600. The van der Waals surface area contributed by atoms with Gasteiger partial charge < -0.3 is 0 Å². The van der Waals surface area contributed by atoms with E-state index in [1.165, 1.54) is 27.7 Å². The van der Waals surface area contributed by atoms with E-state index in [9.17, 15) is 19.2 Å². The smallest absolute Gasteiger partial charge is 0.137 e. The molecule has 0 aliphatic heterocycles. The summed E-state index contributed by atoms with van der Waals surface area (Å²) in [6, 6.07) is 0. The molecule has 5 heteroatoms. The molecule has 86 valence electrons. The first-order valence-electron chi connectivity index (χ1n) is 4.23. The van der Waals surface area contributed by atoms with Gasteiger partial charge in [-0.1, -0.05) is 0 Å². The van der Waals surface area contributed by atoms with E-state index in [2.05, 4.69) is 0 Å². The summed E-state index contributed by atoms with van der Waals surface area (Å²) in [4.78, 5) is 40.1. The Morgan fingerprint density at radius 2 is 0.733 bits per heavy atom. The Labute approximate surface area is 104 Å². The molecule has 0 aliphatic carbocycles. The Hall–Kier alpha value is -0.632. The van der Waals surface area contributed by atoms with Crippen molar-refractivity contribution in [2.45, 2.75) is 40.5 Å². The van der Waals surface area contributed by atoms with Crippen LogP contribution in [0.1, 0.15) is 40.5 Å². The second-order valence-corrected chi connectivity index (χ2v) is 3.16. The first-order valence-corrected chi connectivity index (χ1v) is 4.23.